The molecule has 120 valence electrons. The lowest BCUT2D eigenvalue weighted by Gasteiger charge is -2.15. The summed E-state index contributed by atoms with van der Waals surface area (Å²) in [7, 11) is 0. The van der Waals surface area contributed by atoms with Crippen LogP contribution < -0.4 is 5.56 Å². The Morgan fingerprint density at radius 2 is 1.70 bits per heavy atom. The van der Waals surface area contributed by atoms with E-state index in [4.69, 9.17) is 0 Å². The summed E-state index contributed by atoms with van der Waals surface area (Å²) in [5.74, 6) is 0. The molecule has 23 heavy (non-hydrogen) atoms. The molecule has 0 amide bonds. The molecular weight excluding hydrogens is 305 g/mol. The quantitative estimate of drug-likeness (QED) is 0.697. The molecule has 6 heteroatoms. The van der Waals surface area contributed by atoms with Crippen LogP contribution in [0.25, 0.3) is 16.5 Å². The van der Waals surface area contributed by atoms with Crippen molar-refractivity contribution in [2.75, 3.05) is 0 Å². The van der Waals surface area contributed by atoms with E-state index >= 15 is 0 Å². The van der Waals surface area contributed by atoms with Crippen LogP contribution in [0, 0.1) is 6.92 Å². The smallest absolute Gasteiger partial charge is 0.273 e. The Hall–Kier alpha value is -2.50. The second kappa shape index (κ2) is 5.30. The van der Waals surface area contributed by atoms with Gasteiger partial charge in [-0.25, -0.2) is 4.68 Å². The molecule has 0 aliphatic rings. The molecule has 0 unspecified atom stereocenters. The van der Waals surface area contributed by atoms with Crippen molar-refractivity contribution in [3.8, 4) is 5.69 Å². The van der Waals surface area contributed by atoms with Gasteiger partial charge in [-0.3, -0.25) is 9.48 Å². The first-order chi connectivity index (χ1) is 10.8. The number of fused-ring (bicyclic) bond motifs is 1. The summed E-state index contributed by atoms with van der Waals surface area (Å²) in [4.78, 5) is 12.4. The number of halogens is 3. The van der Waals surface area contributed by atoms with Crippen LogP contribution >= 0.6 is 0 Å². The van der Waals surface area contributed by atoms with Crippen molar-refractivity contribution in [3.05, 3.63) is 64.1 Å². The number of nitrogens with zero attached hydrogens (tertiary/aromatic N) is 2. The van der Waals surface area contributed by atoms with Crippen molar-refractivity contribution >= 4 is 10.8 Å². The highest BCUT2D eigenvalue weighted by molar-refractivity contribution is 5.84. The third kappa shape index (κ3) is 2.44. The molecule has 0 N–H and O–H groups in total. The van der Waals surface area contributed by atoms with Gasteiger partial charge in [0.1, 0.15) is 5.69 Å². The van der Waals surface area contributed by atoms with Gasteiger partial charge in [0.05, 0.1) is 5.69 Å². The normalized spacial score (nSPS) is 12.0. The number of benzene rings is 2. The van der Waals surface area contributed by atoms with Gasteiger partial charge in [-0.2, -0.15) is 13.2 Å². The molecule has 0 saturated heterocycles. The van der Waals surface area contributed by atoms with Crippen LogP contribution in [0.1, 0.15) is 18.2 Å². The van der Waals surface area contributed by atoms with Crippen molar-refractivity contribution in [3.63, 3.8) is 0 Å². The van der Waals surface area contributed by atoms with Crippen molar-refractivity contribution in [2.24, 2.45) is 0 Å². The van der Waals surface area contributed by atoms with E-state index in [0.717, 1.165) is 20.1 Å². The molecule has 0 fully saturated rings. The Bertz CT molecular complexity index is 935. The fourth-order valence-corrected chi connectivity index (χ4v) is 2.89. The number of hydrogen-bond donors (Lipinski definition) is 0. The highest BCUT2D eigenvalue weighted by Gasteiger charge is 2.39. The number of rotatable bonds is 2. The first-order valence-electron chi connectivity index (χ1n) is 7.23. The maximum Gasteiger partial charge on any atom is 0.433 e. The summed E-state index contributed by atoms with van der Waals surface area (Å²) in [6.45, 7) is 2.85. The molecule has 3 aromatic rings. The van der Waals surface area contributed by atoms with E-state index in [1.807, 2.05) is 24.3 Å². The van der Waals surface area contributed by atoms with E-state index in [0.29, 0.717) is 5.69 Å². The van der Waals surface area contributed by atoms with Crippen LogP contribution in [-0.4, -0.2) is 9.36 Å². The Labute approximate surface area is 130 Å². The monoisotopic (exact) mass is 320 g/mol. The molecule has 0 atom stereocenters. The summed E-state index contributed by atoms with van der Waals surface area (Å²) in [5, 5.41) is 1.83. The average molecular weight is 320 g/mol. The van der Waals surface area contributed by atoms with Gasteiger partial charge >= 0.3 is 6.18 Å². The third-order valence-corrected chi connectivity index (χ3v) is 3.91. The van der Waals surface area contributed by atoms with Crippen LogP contribution in [0.15, 0.2) is 47.3 Å². The fraction of sp³-hybridized carbons (Fsp3) is 0.235. The van der Waals surface area contributed by atoms with Crippen LogP contribution in [-0.2, 0) is 12.7 Å². The highest BCUT2D eigenvalue weighted by Crippen LogP contribution is 2.32. The fourth-order valence-electron chi connectivity index (χ4n) is 2.89. The van der Waals surface area contributed by atoms with Gasteiger partial charge in [0.15, 0.2) is 0 Å². The first-order valence-corrected chi connectivity index (χ1v) is 7.23. The van der Waals surface area contributed by atoms with Gasteiger partial charge in [-0.05, 0) is 36.8 Å². The topological polar surface area (TPSA) is 26.9 Å². The van der Waals surface area contributed by atoms with E-state index in [2.05, 4.69) is 0 Å². The van der Waals surface area contributed by atoms with Crippen molar-refractivity contribution in [1.29, 1.82) is 0 Å². The third-order valence-electron chi connectivity index (χ3n) is 3.91. The van der Waals surface area contributed by atoms with Crippen molar-refractivity contribution < 1.29 is 13.2 Å². The van der Waals surface area contributed by atoms with E-state index < -0.39 is 17.4 Å². The lowest BCUT2D eigenvalue weighted by molar-refractivity contribution is -0.144. The molecule has 0 aliphatic heterocycles. The number of alkyl halides is 3. The minimum Gasteiger partial charge on any atom is -0.273 e. The van der Waals surface area contributed by atoms with Gasteiger partial charge in [-0.1, -0.05) is 30.3 Å². The molecule has 0 saturated carbocycles. The predicted molar refractivity (Wildman–Crippen MR) is 82.9 cm³/mol. The summed E-state index contributed by atoms with van der Waals surface area (Å²) in [6, 6.07) is 12.7. The maximum absolute atomic E-state index is 13.3. The zero-order valence-electron chi connectivity index (χ0n) is 12.7. The standard InChI is InChI=1S/C17H15F3N2O/c1-3-21-15(17(18,19)20)11(2)16(23)22(21)14-9-8-12-6-4-5-7-13(12)10-14/h4-10H,3H2,1-2H3. The summed E-state index contributed by atoms with van der Waals surface area (Å²) in [5.41, 5.74) is -1.39. The molecular formula is C17H15F3N2O. The van der Waals surface area contributed by atoms with Crippen LogP contribution in [0.5, 0.6) is 0 Å². The molecule has 1 aromatic heterocycles. The largest absolute Gasteiger partial charge is 0.433 e. The Kier molecular flexibility index (Phi) is 3.55. The maximum atomic E-state index is 13.3. The van der Waals surface area contributed by atoms with E-state index in [9.17, 15) is 18.0 Å². The van der Waals surface area contributed by atoms with E-state index in [-0.39, 0.29) is 12.1 Å². The molecule has 0 bridgehead atoms. The van der Waals surface area contributed by atoms with Gasteiger partial charge in [0, 0.05) is 12.1 Å². The van der Waals surface area contributed by atoms with E-state index in [1.54, 1.807) is 25.1 Å². The van der Waals surface area contributed by atoms with Gasteiger partial charge in [-0.15, -0.1) is 0 Å². The molecule has 2 aromatic carbocycles. The first kappa shape index (κ1) is 15.4. The van der Waals surface area contributed by atoms with Crippen molar-refractivity contribution in [2.45, 2.75) is 26.6 Å². The van der Waals surface area contributed by atoms with E-state index in [1.165, 1.54) is 6.92 Å². The van der Waals surface area contributed by atoms with Crippen LogP contribution in [0.3, 0.4) is 0 Å². The molecule has 1 heterocycles. The lowest BCUT2D eigenvalue weighted by Crippen LogP contribution is -2.23. The molecule has 3 nitrogen and oxygen atoms in total. The highest BCUT2D eigenvalue weighted by atomic mass is 19.4. The zero-order valence-corrected chi connectivity index (χ0v) is 12.7. The Balaban J connectivity index is 2.32. The minimum absolute atomic E-state index is 0.0464. The SMILES string of the molecule is CCn1c(C(F)(F)F)c(C)c(=O)n1-c1ccc2ccccc2c1. The Morgan fingerprint density at radius 1 is 1.04 bits per heavy atom. The molecule has 3 rings (SSSR count). The van der Waals surface area contributed by atoms with Crippen LogP contribution in [0.2, 0.25) is 0 Å². The average Bonchev–Trinajstić information content (AvgIpc) is 2.78. The molecule has 0 spiro atoms. The van der Waals surface area contributed by atoms with Gasteiger partial charge < -0.3 is 0 Å². The second-order valence-corrected chi connectivity index (χ2v) is 5.34. The lowest BCUT2D eigenvalue weighted by atomic mass is 10.1. The summed E-state index contributed by atoms with van der Waals surface area (Å²) >= 11 is 0. The number of hydrogen-bond acceptors (Lipinski definition) is 1. The summed E-state index contributed by atoms with van der Waals surface area (Å²) in [6.07, 6.45) is -4.57. The van der Waals surface area contributed by atoms with Gasteiger partial charge in [0.2, 0.25) is 0 Å². The van der Waals surface area contributed by atoms with Gasteiger partial charge in [0.25, 0.3) is 5.56 Å². The molecule has 0 radical (unpaired) electrons. The molecule has 0 aliphatic carbocycles. The number of aromatic nitrogens is 2. The zero-order chi connectivity index (χ0) is 16.8. The minimum atomic E-state index is -4.57. The summed E-state index contributed by atoms with van der Waals surface area (Å²) < 4.78 is 41.9. The predicted octanol–water partition coefficient (Wildman–Crippen LogP) is 4.14. The van der Waals surface area contributed by atoms with Crippen LogP contribution in [0.4, 0.5) is 13.2 Å². The Morgan fingerprint density at radius 3 is 2.30 bits per heavy atom. The second-order valence-electron chi connectivity index (χ2n) is 5.34. The van der Waals surface area contributed by atoms with Crippen molar-refractivity contribution in [1.82, 2.24) is 9.36 Å².